The average Bonchev–Trinajstić information content (AvgIpc) is 2.62. The Labute approximate surface area is 152 Å². The largest absolute Gasteiger partial charge is 0.457 e. The Bertz CT molecular complexity index is 942. The van der Waals surface area contributed by atoms with Gasteiger partial charge in [0.15, 0.2) is 0 Å². The smallest absolute Gasteiger partial charge is 0.240 e. The maximum atomic E-state index is 12.4. The molecule has 1 N–H and O–H groups in total. The van der Waals surface area contributed by atoms with Crippen molar-refractivity contribution in [2.75, 3.05) is 0 Å². The molecule has 0 amide bonds. The fraction of sp³-hybridized carbons (Fsp3) is 0.0526. The molecule has 0 saturated heterocycles. The second-order valence-electron chi connectivity index (χ2n) is 5.30. The Hall–Kier alpha value is -2.34. The van der Waals surface area contributed by atoms with Crippen molar-refractivity contribution in [2.45, 2.75) is 11.4 Å². The molecule has 128 valence electrons. The van der Waals surface area contributed by atoms with Gasteiger partial charge in [0.05, 0.1) is 4.90 Å². The van der Waals surface area contributed by atoms with Crippen LogP contribution in [0.25, 0.3) is 0 Å². The number of sulfonamides is 1. The minimum Gasteiger partial charge on any atom is -0.457 e. The SMILES string of the molecule is O=S(=O)(NCc1ccccc1Cl)c1ccc(Oc2ccccc2)cc1. The number of hydrogen-bond acceptors (Lipinski definition) is 3. The minimum absolute atomic E-state index is 0.129. The molecule has 3 aromatic carbocycles. The van der Waals surface area contributed by atoms with E-state index in [0.29, 0.717) is 16.5 Å². The molecule has 4 nitrogen and oxygen atoms in total. The van der Waals surface area contributed by atoms with Crippen molar-refractivity contribution in [1.82, 2.24) is 4.72 Å². The number of nitrogens with one attached hydrogen (secondary N) is 1. The van der Waals surface area contributed by atoms with Crippen LogP contribution in [0.5, 0.6) is 11.5 Å². The molecule has 0 heterocycles. The van der Waals surface area contributed by atoms with Gasteiger partial charge in [0.25, 0.3) is 0 Å². The predicted molar refractivity (Wildman–Crippen MR) is 98.4 cm³/mol. The van der Waals surface area contributed by atoms with Crippen LogP contribution in [0.4, 0.5) is 0 Å². The van der Waals surface area contributed by atoms with Gasteiger partial charge in [-0.3, -0.25) is 0 Å². The molecule has 3 rings (SSSR count). The molecule has 0 aliphatic heterocycles. The zero-order chi connectivity index (χ0) is 17.7. The fourth-order valence-electron chi connectivity index (χ4n) is 2.21. The summed E-state index contributed by atoms with van der Waals surface area (Å²) >= 11 is 6.05. The zero-order valence-electron chi connectivity index (χ0n) is 13.2. The third kappa shape index (κ3) is 4.60. The van der Waals surface area contributed by atoms with Gasteiger partial charge in [-0.15, -0.1) is 0 Å². The normalized spacial score (nSPS) is 11.2. The van der Waals surface area contributed by atoms with Crippen LogP contribution in [-0.2, 0) is 16.6 Å². The Morgan fingerprint density at radius 1 is 0.800 bits per heavy atom. The highest BCUT2D eigenvalue weighted by atomic mass is 35.5. The molecule has 0 bridgehead atoms. The van der Waals surface area contributed by atoms with Crippen LogP contribution >= 0.6 is 11.6 Å². The van der Waals surface area contributed by atoms with Crippen molar-refractivity contribution in [3.63, 3.8) is 0 Å². The Kier molecular flexibility index (Phi) is 5.38. The van der Waals surface area contributed by atoms with E-state index in [1.54, 1.807) is 30.3 Å². The Morgan fingerprint density at radius 3 is 2.08 bits per heavy atom. The van der Waals surface area contributed by atoms with E-state index < -0.39 is 10.0 Å². The highest BCUT2D eigenvalue weighted by Gasteiger charge is 2.14. The first kappa shape index (κ1) is 17.5. The standard InChI is InChI=1S/C19H16ClNO3S/c20-19-9-5-4-6-15(19)14-21-25(22,23)18-12-10-17(11-13-18)24-16-7-2-1-3-8-16/h1-13,21H,14H2. The summed E-state index contributed by atoms with van der Waals surface area (Å²) in [6.07, 6.45) is 0. The second kappa shape index (κ2) is 7.70. The van der Waals surface area contributed by atoms with Gasteiger partial charge in [0.1, 0.15) is 11.5 Å². The molecule has 3 aromatic rings. The van der Waals surface area contributed by atoms with Crippen LogP contribution in [0.15, 0.2) is 83.8 Å². The van der Waals surface area contributed by atoms with Gasteiger partial charge >= 0.3 is 0 Å². The molecule has 0 aliphatic carbocycles. The van der Waals surface area contributed by atoms with Gasteiger partial charge in [0.2, 0.25) is 10.0 Å². The first-order chi connectivity index (χ1) is 12.0. The van der Waals surface area contributed by atoms with E-state index in [0.717, 1.165) is 5.56 Å². The van der Waals surface area contributed by atoms with E-state index in [9.17, 15) is 8.42 Å². The molecule has 0 spiro atoms. The van der Waals surface area contributed by atoms with Crippen molar-refractivity contribution >= 4 is 21.6 Å². The Morgan fingerprint density at radius 2 is 1.40 bits per heavy atom. The van der Waals surface area contributed by atoms with Crippen molar-refractivity contribution < 1.29 is 13.2 Å². The molecule has 0 fully saturated rings. The highest BCUT2D eigenvalue weighted by Crippen LogP contribution is 2.23. The van der Waals surface area contributed by atoms with E-state index in [2.05, 4.69) is 4.72 Å². The van der Waals surface area contributed by atoms with Crippen molar-refractivity contribution in [2.24, 2.45) is 0 Å². The molecular weight excluding hydrogens is 358 g/mol. The molecule has 0 atom stereocenters. The number of hydrogen-bond donors (Lipinski definition) is 1. The third-order valence-electron chi connectivity index (χ3n) is 3.52. The molecule has 0 aromatic heterocycles. The van der Waals surface area contributed by atoms with Gasteiger partial charge < -0.3 is 4.74 Å². The van der Waals surface area contributed by atoms with Gasteiger partial charge in [-0.25, -0.2) is 13.1 Å². The fourth-order valence-corrected chi connectivity index (χ4v) is 3.42. The third-order valence-corrected chi connectivity index (χ3v) is 5.31. The topological polar surface area (TPSA) is 55.4 Å². The van der Waals surface area contributed by atoms with E-state index in [-0.39, 0.29) is 11.4 Å². The molecule has 0 radical (unpaired) electrons. The van der Waals surface area contributed by atoms with Gasteiger partial charge in [0, 0.05) is 11.6 Å². The van der Waals surface area contributed by atoms with Crippen molar-refractivity contribution in [3.8, 4) is 11.5 Å². The quantitative estimate of drug-likeness (QED) is 0.686. The zero-order valence-corrected chi connectivity index (χ0v) is 14.8. The van der Waals surface area contributed by atoms with E-state index >= 15 is 0 Å². The number of halogens is 1. The Balaban J connectivity index is 1.69. The summed E-state index contributed by atoms with van der Waals surface area (Å²) in [6.45, 7) is 0.129. The lowest BCUT2D eigenvalue weighted by Crippen LogP contribution is -2.23. The summed E-state index contributed by atoms with van der Waals surface area (Å²) in [6, 6.07) is 22.7. The minimum atomic E-state index is -3.63. The maximum Gasteiger partial charge on any atom is 0.240 e. The molecular formula is C19H16ClNO3S. The summed E-state index contributed by atoms with van der Waals surface area (Å²) in [5.41, 5.74) is 0.719. The van der Waals surface area contributed by atoms with Gasteiger partial charge in [-0.2, -0.15) is 0 Å². The summed E-state index contributed by atoms with van der Waals surface area (Å²) in [4.78, 5) is 0.167. The number of benzene rings is 3. The molecule has 6 heteroatoms. The van der Waals surface area contributed by atoms with Crippen LogP contribution in [0.1, 0.15) is 5.56 Å². The molecule has 0 unspecified atom stereocenters. The first-order valence-corrected chi connectivity index (χ1v) is 9.47. The highest BCUT2D eigenvalue weighted by molar-refractivity contribution is 7.89. The van der Waals surface area contributed by atoms with Crippen LogP contribution in [-0.4, -0.2) is 8.42 Å². The number of ether oxygens (including phenoxy) is 1. The average molecular weight is 374 g/mol. The molecule has 0 saturated carbocycles. The second-order valence-corrected chi connectivity index (χ2v) is 7.48. The molecule has 25 heavy (non-hydrogen) atoms. The van der Waals surface area contributed by atoms with Gasteiger partial charge in [-0.1, -0.05) is 48.0 Å². The van der Waals surface area contributed by atoms with Crippen LogP contribution in [0, 0.1) is 0 Å². The summed E-state index contributed by atoms with van der Waals surface area (Å²) in [7, 11) is -3.63. The van der Waals surface area contributed by atoms with Gasteiger partial charge in [-0.05, 0) is 48.0 Å². The lowest BCUT2D eigenvalue weighted by Gasteiger charge is -2.09. The van der Waals surface area contributed by atoms with E-state index in [4.69, 9.17) is 16.3 Å². The van der Waals surface area contributed by atoms with Crippen LogP contribution in [0.2, 0.25) is 5.02 Å². The number of para-hydroxylation sites is 1. The summed E-state index contributed by atoms with van der Waals surface area (Å²) < 4.78 is 33.0. The summed E-state index contributed by atoms with van der Waals surface area (Å²) in [5.74, 6) is 1.26. The first-order valence-electron chi connectivity index (χ1n) is 7.61. The monoisotopic (exact) mass is 373 g/mol. The van der Waals surface area contributed by atoms with Crippen molar-refractivity contribution in [3.05, 3.63) is 89.4 Å². The summed E-state index contributed by atoms with van der Waals surface area (Å²) in [5, 5.41) is 0.525. The maximum absolute atomic E-state index is 12.4. The lowest BCUT2D eigenvalue weighted by molar-refractivity contribution is 0.482. The van der Waals surface area contributed by atoms with E-state index in [1.807, 2.05) is 36.4 Å². The number of rotatable bonds is 6. The lowest BCUT2D eigenvalue weighted by atomic mass is 10.2. The predicted octanol–water partition coefficient (Wildman–Crippen LogP) is 4.61. The van der Waals surface area contributed by atoms with Crippen LogP contribution < -0.4 is 9.46 Å². The van der Waals surface area contributed by atoms with Crippen molar-refractivity contribution in [1.29, 1.82) is 0 Å². The van der Waals surface area contributed by atoms with Crippen LogP contribution in [0.3, 0.4) is 0 Å². The van der Waals surface area contributed by atoms with E-state index in [1.165, 1.54) is 12.1 Å². The molecule has 0 aliphatic rings.